The molecule has 4 aromatic rings. The van der Waals surface area contributed by atoms with Gasteiger partial charge < -0.3 is 14.7 Å². The largest absolute Gasteiger partial charge is 0.416 e. The number of aromatic amines is 2. The van der Waals surface area contributed by atoms with Gasteiger partial charge in [-0.2, -0.15) is 18.3 Å². The van der Waals surface area contributed by atoms with Crippen LogP contribution in [0.15, 0.2) is 52.3 Å². The third-order valence-electron chi connectivity index (χ3n) is 5.91. The molecule has 0 radical (unpaired) electrons. The number of aromatic nitrogens is 5. The predicted octanol–water partition coefficient (Wildman–Crippen LogP) is 4.01. The zero-order chi connectivity index (χ0) is 25.2. The second kappa shape index (κ2) is 9.95. The average molecular weight is 489 g/mol. The molecule has 0 saturated carbocycles. The van der Waals surface area contributed by atoms with Crippen molar-refractivity contribution in [3.8, 4) is 0 Å². The van der Waals surface area contributed by atoms with Crippen LogP contribution in [0.2, 0.25) is 0 Å². The van der Waals surface area contributed by atoms with E-state index in [1.54, 1.807) is 24.5 Å². The summed E-state index contributed by atoms with van der Waals surface area (Å²) in [6.07, 6.45) is 0.222. The molecule has 3 aromatic heterocycles. The second-order valence-corrected chi connectivity index (χ2v) is 8.38. The van der Waals surface area contributed by atoms with Crippen LogP contribution < -0.4 is 11.2 Å². The van der Waals surface area contributed by atoms with Crippen molar-refractivity contribution in [2.45, 2.75) is 51.6 Å². The monoisotopic (exact) mass is 489 g/mol. The third-order valence-corrected chi connectivity index (χ3v) is 5.91. The van der Waals surface area contributed by atoms with Crippen molar-refractivity contribution in [3.63, 3.8) is 0 Å². The van der Waals surface area contributed by atoms with Gasteiger partial charge in [-0.1, -0.05) is 31.5 Å². The average Bonchev–Trinajstić information content (AvgIpc) is 3.44. The van der Waals surface area contributed by atoms with E-state index in [9.17, 15) is 22.8 Å². The number of nitrogens with one attached hydrogen (secondary N) is 2. The Morgan fingerprint density at radius 2 is 1.94 bits per heavy atom. The Morgan fingerprint density at radius 3 is 2.66 bits per heavy atom. The van der Waals surface area contributed by atoms with E-state index in [1.165, 1.54) is 28.5 Å². The molecule has 2 N–H and O–H groups in total. The Balaban J connectivity index is 1.56. The molecule has 0 aliphatic heterocycles. The van der Waals surface area contributed by atoms with Gasteiger partial charge in [0.05, 0.1) is 23.8 Å². The number of unbranched alkanes of at least 4 members (excludes halogenated alkanes) is 1. The van der Waals surface area contributed by atoms with Gasteiger partial charge in [0, 0.05) is 32.0 Å². The second-order valence-electron chi connectivity index (χ2n) is 8.38. The summed E-state index contributed by atoms with van der Waals surface area (Å²) in [7, 11) is 1.52. The highest BCUT2D eigenvalue weighted by molar-refractivity contribution is 5.74. The van der Waals surface area contributed by atoms with E-state index in [1.807, 2.05) is 6.92 Å². The number of halogens is 3. The van der Waals surface area contributed by atoms with Gasteiger partial charge in [0.2, 0.25) is 0 Å². The first-order chi connectivity index (χ1) is 16.7. The van der Waals surface area contributed by atoms with Crippen molar-refractivity contribution in [1.82, 2.24) is 24.3 Å². The Morgan fingerprint density at radius 1 is 1.17 bits per heavy atom. The first kappa shape index (κ1) is 24.5. The van der Waals surface area contributed by atoms with Gasteiger partial charge in [0.1, 0.15) is 11.6 Å². The van der Waals surface area contributed by atoms with Crippen LogP contribution in [0, 0.1) is 0 Å². The van der Waals surface area contributed by atoms with Gasteiger partial charge in [-0.3, -0.25) is 14.0 Å². The van der Waals surface area contributed by atoms with Crippen molar-refractivity contribution in [2.75, 3.05) is 7.11 Å². The summed E-state index contributed by atoms with van der Waals surface area (Å²) in [6, 6.07) is 7.07. The fourth-order valence-electron chi connectivity index (χ4n) is 4.09. The quantitative estimate of drug-likeness (QED) is 0.371. The van der Waals surface area contributed by atoms with E-state index in [-0.39, 0.29) is 17.6 Å². The number of nitrogens with zero attached hydrogens (tertiary/aromatic N) is 3. The molecule has 11 heteroatoms. The van der Waals surface area contributed by atoms with Crippen molar-refractivity contribution >= 4 is 11.0 Å². The zero-order valence-corrected chi connectivity index (χ0v) is 19.4. The highest BCUT2D eigenvalue weighted by Crippen LogP contribution is 2.32. The van der Waals surface area contributed by atoms with Gasteiger partial charge in [-0.25, -0.2) is 4.79 Å². The zero-order valence-electron chi connectivity index (χ0n) is 19.4. The molecule has 1 aromatic carbocycles. The number of methoxy groups -OCH3 is 1. The summed E-state index contributed by atoms with van der Waals surface area (Å²) in [4.78, 5) is 30.9. The molecule has 0 spiro atoms. The molecule has 35 heavy (non-hydrogen) atoms. The molecule has 0 aliphatic rings. The van der Waals surface area contributed by atoms with E-state index in [0.29, 0.717) is 30.6 Å². The number of hydrogen-bond acceptors (Lipinski definition) is 4. The molecule has 186 valence electrons. The van der Waals surface area contributed by atoms with Crippen molar-refractivity contribution in [2.24, 2.45) is 0 Å². The number of fused-ring (bicyclic) bond motifs is 1. The van der Waals surface area contributed by atoms with Crippen LogP contribution in [0.3, 0.4) is 0 Å². The number of ether oxygens (including phenoxy) is 1. The maximum Gasteiger partial charge on any atom is 0.416 e. The van der Waals surface area contributed by atoms with E-state index in [4.69, 9.17) is 4.74 Å². The van der Waals surface area contributed by atoms with Crippen LogP contribution in [0.5, 0.6) is 0 Å². The minimum Gasteiger partial charge on any atom is -0.375 e. The normalized spacial score (nSPS) is 12.9. The Labute approximate surface area is 198 Å². The van der Waals surface area contributed by atoms with Crippen LogP contribution in [0.25, 0.3) is 11.0 Å². The highest BCUT2D eigenvalue weighted by atomic mass is 19.4. The van der Waals surface area contributed by atoms with E-state index in [0.717, 1.165) is 18.1 Å². The SMILES string of the molecule is CCCCn1c(=O)[nH]c2cc(C(Cc3cnn(Cc4ccccc4C(F)(F)F)c3)OC)[nH]c2c1=O. The Bertz CT molecular complexity index is 1430. The molecular weight excluding hydrogens is 463 g/mol. The van der Waals surface area contributed by atoms with E-state index >= 15 is 0 Å². The molecule has 0 fully saturated rings. The molecule has 0 aliphatic carbocycles. The first-order valence-electron chi connectivity index (χ1n) is 11.3. The smallest absolute Gasteiger partial charge is 0.375 e. The lowest BCUT2D eigenvalue weighted by Gasteiger charge is -2.13. The number of hydrogen-bond donors (Lipinski definition) is 2. The van der Waals surface area contributed by atoms with Gasteiger partial charge in [0.15, 0.2) is 0 Å². The summed E-state index contributed by atoms with van der Waals surface area (Å²) < 4.78 is 48.1. The van der Waals surface area contributed by atoms with Crippen LogP contribution in [-0.2, 0) is 30.4 Å². The fraction of sp³-hybridized carbons (Fsp3) is 0.375. The molecule has 1 atom stereocenters. The van der Waals surface area contributed by atoms with Crippen molar-refractivity contribution < 1.29 is 17.9 Å². The van der Waals surface area contributed by atoms with Gasteiger partial charge in [-0.05, 0) is 29.7 Å². The van der Waals surface area contributed by atoms with Gasteiger partial charge in [0.25, 0.3) is 5.56 Å². The molecule has 0 saturated heterocycles. The summed E-state index contributed by atoms with van der Waals surface area (Å²) in [5, 5.41) is 4.21. The maximum atomic E-state index is 13.3. The number of alkyl halides is 3. The van der Waals surface area contributed by atoms with Crippen LogP contribution >= 0.6 is 0 Å². The minimum absolute atomic E-state index is 0.0295. The molecule has 0 amide bonds. The topological polar surface area (TPSA) is 97.7 Å². The van der Waals surface area contributed by atoms with Crippen molar-refractivity contribution in [3.05, 3.63) is 85.9 Å². The van der Waals surface area contributed by atoms with Gasteiger partial charge >= 0.3 is 11.9 Å². The summed E-state index contributed by atoms with van der Waals surface area (Å²) in [5.41, 5.74) is 0.597. The van der Waals surface area contributed by atoms with Crippen LogP contribution in [0.4, 0.5) is 13.2 Å². The van der Waals surface area contributed by atoms with Gasteiger partial charge in [-0.15, -0.1) is 0 Å². The van der Waals surface area contributed by atoms with Crippen LogP contribution in [0.1, 0.15) is 48.3 Å². The molecule has 0 bridgehead atoms. The Hall–Kier alpha value is -3.60. The first-order valence-corrected chi connectivity index (χ1v) is 11.3. The lowest BCUT2D eigenvalue weighted by molar-refractivity contribution is -0.138. The summed E-state index contributed by atoms with van der Waals surface area (Å²) in [6.45, 7) is 2.28. The van der Waals surface area contributed by atoms with Crippen LogP contribution in [-0.4, -0.2) is 31.4 Å². The maximum absolute atomic E-state index is 13.3. The number of rotatable bonds is 9. The lowest BCUT2D eigenvalue weighted by Crippen LogP contribution is -2.34. The minimum atomic E-state index is -4.45. The summed E-state index contributed by atoms with van der Waals surface area (Å²) in [5.74, 6) is 0. The molecular formula is C24H26F3N5O3. The standard InChI is InChI=1S/C24H26F3N5O3/c1-3-4-9-32-22(33)21-19(30-23(32)34)11-18(29-21)20(35-2)10-15-12-28-31(13-15)14-16-7-5-6-8-17(16)24(25,26)27/h5-8,11-13,20,29H,3-4,9-10,14H2,1-2H3,(H,30,34). The molecule has 3 heterocycles. The van der Waals surface area contributed by atoms with E-state index < -0.39 is 29.1 Å². The molecule has 8 nitrogen and oxygen atoms in total. The molecule has 4 rings (SSSR count). The number of benzene rings is 1. The van der Waals surface area contributed by atoms with E-state index in [2.05, 4.69) is 15.1 Å². The highest BCUT2D eigenvalue weighted by Gasteiger charge is 2.33. The fourth-order valence-corrected chi connectivity index (χ4v) is 4.09. The third kappa shape index (κ3) is 5.24. The predicted molar refractivity (Wildman–Crippen MR) is 124 cm³/mol. The summed E-state index contributed by atoms with van der Waals surface area (Å²) >= 11 is 0. The lowest BCUT2D eigenvalue weighted by atomic mass is 10.1. The molecule has 1 unspecified atom stereocenters. The Kier molecular flexibility index (Phi) is 6.97. The van der Waals surface area contributed by atoms with Crippen molar-refractivity contribution in [1.29, 1.82) is 0 Å². The number of H-pyrrole nitrogens is 2.